The lowest BCUT2D eigenvalue weighted by Crippen LogP contribution is -2.26. The van der Waals surface area contributed by atoms with E-state index in [1.54, 1.807) is 37.3 Å². The standard InChI is InChI=1S/C25H25Cl2N3O4/c1-4-33-23(31)12-7-18-14-28-25(29-20-10-11-22(21(27)13-20)34-16(2)3)30(24(18)32)15-17-5-8-19(26)9-6-17/h5-14,16H,4,15H2,1-3H3,(H,28,29). The van der Waals surface area contributed by atoms with Gasteiger partial charge in [0.25, 0.3) is 5.56 Å². The van der Waals surface area contributed by atoms with Gasteiger partial charge in [-0.3, -0.25) is 9.36 Å². The molecule has 2 aromatic carbocycles. The first-order chi connectivity index (χ1) is 16.3. The third-order valence-corrected chi connectivity index (χ3v) is 5.11. The molecule has 0 radical (unpaired) electrons. The van der Waals surface area contributed by atoms with Crippen LogP contribution in [0.15, 0.2) is 59.5 Å². The fourth-order valence-electron chi connectivity index (χ4n) is 3.05. The molecule has 178 valence electrons. The van der Waals surface area contributed by atoms with Gasteiger partial charge in [-0.15, -0.1) is 0 Å². The van der Waals surface area contributed by atoms with Gasteiger partial charge < -0.3 is 14.8 Å². The highest BCUT2D eigenvalue weighted by Gasteiger charge is 2.12. The van der Waals surface area contributed by atoms with Crippen LogP contribution in [-0.2, 0) is 16.1 Å². The Kier molecular flexibility index (Phi) is 8.73. The van der Waals surface area contributed by atoms with Crippen LogP contribution >= 0.6 is 23.2 Å². The molecule has 0 aliphatic heterocycles. The van der Waals surface area contributed by atoms with Crippen molar-refractivity contribution in [2.45, 2.75) is 33.4 Å². The third-order valence-electron chi connectivity index (χ3n) is 4.56. The fourth-order valence-corrected chi connectivity index (χ4v) is 3.40. The SMILES string of the molecule is CCOC(=O)C=Cc1cnc(Nc2ccc(OC(C)C)c(Cl)c2)n(Cc2ccc(Cl)cc2)c1=O. The molecule has 1 aromatic heterocycles. The minimum Gasteiger partial charge on any atom is -0.489 e. The number of carbonyl (C=O) groups is 1. The maximum Gasteiger partial charge on any atom is 0.330 e. The highest BCUT2D eigenvalue weighted by Crippen LogP contribution is 2.29. The molecular formula is C25H25Cl2N3O4. The van der Waals surface area contributed by atoms with Crippen molar-refractivity contribution in [2.24, 2.45) is 0 Å². The molecule has 7 nitrogen and oxygen atoms in total. The van der Waals surface area contributed by atoms with Crippen LogP contribution in [0.3, 0.4) is 0 Å². The second-order valence-corrected chi connectivity index (χ2v) is 8.42. The Labute approximate surface area is 207 Å². The van der Waals surface area contributed by atoms with E-state index in [1.807, 2.05) is 26.0 Å². The number of ether oxygens (including phenoxy) is 2. The molecule has 0 saturated heterocycles. The number of hydrogen-bond donors (Lipinski definition) is 1. The largest absolute Gasteiger partial charge is 0.489 e. The van der Waals surface area contributed by atoms with Crippen LogP contribution in [0.1, 0.15) is 31.9 Å². The molecule has 0 saturated carbocycles. The summed E-state index contributed by atoms with van der Waals surface area (Å²) in [5, 5.41) is 4.17. The molecule has 9 heteroatoms. The van der Waals surface area contributed by atoms with E-state index < -0.39 is 5.97 Å². The summed E-state index contributed by atoms with van der Waals surface area (Å²) < 4.78 is 12.0. The van der Waals surface area contributed by atoms with E-state index in [1.165, 1.54) is 22.9 Å². The van der Waals surface area contributed by atoms with E-state index in [2.05, 4.69) is 10.3 Å². The van der Waals surface area contributed by atoms with Gasteiger partial charge in [-0.2, -0.15) is 0 Å². The summed E-state index contributed by atoms with van der Waals surface area (Å²) in [6.07, 6.45) is 3.98. The van der Waals surface area contributed by atoms with Crippen LogP contribution in [0.25, 0.3) is 6.08 Å². The van der Waals surface area contributed by atoms with E-state index in [4.69, 9.17) is 32.7 Å². The molecule has 0 unspecified atom stereocenters. The lowest BCUT2D eigenvalue weighted by Gasteiger charge is -2.16. The lowest BCUT2D eigenvalue weighted by molar-refractivity contribution is -0.137. The topological polar surface area (TPSA) is 82.4 Å². The monoisotopic (exact) mass is 501 g/mol. The first-order valence-electron chi connectivity index (χ1n) is 10.7. The molecule has 0 fully saturated rings. The molecule has 0 amide bonds. The summed E-state index contributed by atoms with van der Waals surface area (Å²) in [5.41, 5.74) is 1.39. The number of nitrogens with zero attached hydrogens (tertiary/aromatic N) is 2. The molecule has 3 rings (SSSR count). The van der Waals surface area contributed by atoms with Crippen molar-refractivity contribution >= 4 is 46.9 Å². The summed E-state index contributed by atoms with van der Waals surface area (Å²) in [6.45, 7) is 6.02. The molecule has 0 aliphatic carbocycles. The van der Waals surface area contributed by atoms with Gasteiger partial charge in [-0.1, -0.05) is 35.3 Å². The van der Waals surface area contributed by atoms with E-state index in [0.717, 1.165) is 5.56 Å². The molecule has 3 aromatic rings. The first-order valence-corrected chi connectivity index (χ1v) is 11.4. The minimum atomic E-state index is -0.535. The number of benzene rings is 2. The number of hydrogen-bond acceptors (Lipinski definition) is 6. The fraction of sp³-hybridized carbons (Fsp3) is 0.240. The number of anilines is 2. The molecule has 34 heavy (non-hydrogen) atoms. The lowest BCUT2D eigenvalue weighted by atomic mass is 10.2. The molecule has 0 atom stereocenters. The number of esters is 1. The molecule has 0 spiro atoms. The predicted molar refractivity (Wildman–Crippen MR) is 135 cm³/mol. The number of rotatable bonds is 9. The normalized spacial score (nSPS) is 11.1. The van der Waals surface area contributed by atoms with Gasteiger partial charge in [0.15, 0.2) is 0 Å². The number of aromatic nitrogens is 2. The van der Waals surface area contributed by atoms with Crippen molar-refractivity contribution in [1.82, 2.24) is 9.55 Å². The summed E-state index contributed by atoms with van der Waals surface area (Å²) in [7, 11) is 0. The second kappa shape index (κ2) is 11.7. The van der Waals surface area contributed by atoms with Crippen molar-refractivity contribution < 1.29 is 14.3 Å². The second-order valence-electron chi connectivity index (χ2n) is 7.58. The van der Waals surface area contributed by atoms with Crippen LogP contribution in [0.4, 0.5) is 11.6 Å². The Morgan fingerprint density at radius 1 is 1.18 bits per heavy atom. The summed E-state index contributed by atoms with van der Waals surface area (Å²) in [5.74, 6) is 0.335. The average Bonchev–Trinajstić information content (AvgIpc) is 2.79. The van der Waals surface area contributed by atoms with Crippen LogP contribution in [0.5, 0.6) is 5.75 Å². The van der Waals surface area contributed by atoms with Gasteiger partial charge in [0.05, 0.1) is 29.8 Å². The number of nitrogens with one attached hydrogen (secondary N) is 1. The van der Waals surface area contributed by atoms with Crippen LogP contribution in [-0.4, -0.2) is 28.2 Å². The van der Waals surface area contributed by atoms with E-state index in [0.29, 0.717) is 27.4 Å². The van der Waals surface area contributed by atoms with E-state index in [-0.39, 0.29) is 30.4 Å². The van der Waals surface area contributed by atoms with Gasteiger partial charge in [-0.25, -0.2) is 9.78 Å². The zero-order valence-electron chi connectivity index (χ0n) is 19.0. The first kappa shape index (κ1) is 25.3. The van der Waals surface area contributed by atoms with Crippen molar-refractivity contribution in [3.63, 3.8) is 0 Å². The molecule has 1 N–H and O–H groups in total. The Balaban J connectivity index is 1.97. The van der Waals surface area contributed by atoms with Gasteiger partial charge in [0, 0.05) is 23.0 Å². The number of carbonyl (C=O) groups excluding carboxylic acids is 1. The highest BCUT2D eigenvalue weighted by atomic mass is 35.5. The van der Waals surface area contributed by atoms with Crippen LogP contribution < -0.4 is 15.6 Å². The van der Waals surface area contributed by atoms with Crippen molar-refractivity contribution in [1.29, 1.82) is 0 Å². The predicted octanol–water partition coefficient (Wildman–Crippen LogP) is 5.71. The summed E-state index contributed by atoms with van der Waals surface area (Å²) in [6, 6.07) is 12.4. The maximum atomic E-state index is 13.3. The quantitative estimate of drug-likeness (QED) is 0.298. The Morgan fingerprint density at radius 3 is 2.56 bits per heavy atom. The van der Waals surface area contributed by atoms with E-state index >= 15 is 0 Å². The minimum absolute atomic E-state index is 0.0160. The zero-order chi connectivity index (χ0) is 24.7. The van der Waals surface area contributed by atoms with Crippen molar-refractivity contribution in [3.8, 4) is 5.75 Å². The highest BCUT2D eigenvalue weighted by molar-refractivity contribution is 6.32. The smallest absolute Gasteiger partial charge is 0.330 e. The van der Waals surface area contributed by atoms with Gasteiger partial charge >= 0.3 is 5.97 Å². The average molecular weight is 502 g/mol. The maximum absolute atomic E-state index is 13.3. The summed E-state index contributed by atoms with van der Waals surface area (Å²) >= 11 is 12.4. The number of halogens is 2. The molecule has 0 bridgehead atoms. The van der Waals surface area contributed by atoms with Crippen molar-refractivity contribution in [3.05, 3.63) is 86.3 Å². The molecule has 0 aliphatic rings. The van der Waals surface area contributed by atoms with Gasteiger partial charge in [0.2, 0.25) is 5.95 Å². The molecule has 1 heterocycles. The van der Waals surface area contributed by atoms with Crippen molar-refractivity contribution in [2.75, 3.05) is 11.9 Å². The van der Waals surface area contributed by atoms with Crippen LogP contribution in [0, 0.1) is 0 Å². The van der Waals surface area contributed by atoms with Gasteiger partial charge in [0.1, 0.15) is 5.75 Å². The third kappa shape index (κ3) is 6.85. The summed E-state index contributed by atoms with van der Waals surface area (Å²) in [4.78, 5) is 29.4. The molecular weight excluding hydrogens is 477 g/mol. The Bertz CT molecular complexity index is 1240. The zero-order valence-corrected chi connectivity index (χ0v) is 20.6. The Hall–Kier alpha value is -3.29. The van der Waals surface area contributed by atoms with Gasteiger partial charge in [-0.05, 0) is 62.7 Å². The van der Waals surface area contributed by atoms with E-state index in [9.17, 15) is 9.59 Å². The Morgan fingerprint density at radius 2 is 1.91 bits per heavy atom. The van der Waals surface area contributed by atoms with Crippen LogP contribution in [0.2, 0.25) is 10.0 Å².